The summed E-state index contributed by atoms with van der Waals surface area (Å²) in [6.07, 6.45) is 0.614. The van der Waals surface area contributed by atoms with Gasteiger partial charge in [0.15, 0.2) is 0 Å². The van der Waals surface area contributed by atoms with E-state index in [4.69, 9.17) is 16.9 Å². The van der Waals surface area contributed by atoms with E-state index in [2.05, 4.69) is 4.98 Å². The van der Waals surface area contributed by atoms with Crippen molar-refractivity contribution in [1.82, 2.24) is 4.98 Å². The van der Waals surface area contributed by atoms with E-state index in [0.29, 0.717) is 12.3 Å². The van der Waals surface area contributed by atoms with Gasteiger partial charge >= 0.3 is 58.4 Å². The Morgan fingerprint density at radius 3 is 2.43 bits per heavy atom. The van der Waals surface area contributed by atoms with Gasteiger partial charge in [-0.2, -0.15) is 5.26 Å². The zero-order chi connectivity index (χ0) is 10.1. The molecule has 0 aromatic carbocycles. The molecule has 1 aromatic rings. The molecule has 0 N–H and O–H groups in total. The Kier molecular flexibility index (Phi) is 5.66. The third-order valence-corrected chi connectivity index (χ3v) is 1.66. The van der Waals surface area contributed by atoms with E-state index >= 15 is 0 Å². The fourth-order valence-corrected chi connectivity index (χ4v) is 0.867. The molecule has 0 saturated carbocycles. The van der Waals surface area contributed by atoms with Crippen LogP contribution in [0.25, 0.3) is 0 Å². The van der Waals surface area contributed by atoms with Crippen LogP contribution in [-0.4, -0.2) is 12.0 Å². The number of rotatable bonds is 1. The minimum Gasteiger partial charge on any atom is -0.445 e. The summed E-state index contributed by atoms with van der Waals surface area (Å²) in [5, 5.41) is 8.16. The fraction of sp³-hybridized carbons (Fsp3) is 0. The summed E-state index contributed by atoms with van der Waals surface area (Å²) in [6.45, 7) is -5.12. The summed E-state index contributed by atoms with van der Waals surface area (Å²) in [4.78, 5) is 3.25. The molecule has 1 aromatic heterocycles. The average Bonchev–Trinajstić information content (AvgIpc) is 2.03. The van der Waals surface area contributed by atoms with E-state index < -0.39 is 12.4 Å². The van der Waals surface area contributed by atoms with Crippen molar-refractivity contribution in [3.63, 3.8) is 0 Å². The number of hydrogen-bond acceptors (Lipinski definition) is 2. The van der Waals surface area contributed by atoms with Gasteiger partial charge in [-0.25, -0.2) is 4.98 Å². The van der Waals surface area contributed by atoms with Crippen LogP contribution in [0.2, 0.25) is 5.15 Å². The maximum Gasteiger partial charge on any atom is 1.00 e. The van der Waals surface area contributed by atoms with Crippen molar-refractivity contribution < 1.29 is 64.3 Å². The van der Waals surface area contributed by atoms with Gasteiger partial charge < -0.3 is 12.9 Å². The first-order valence-electron chi connectivity index (χ1n) is 3.20. The Balaban J connectivity index is 0.00000169. The van der Waals surface area contributed by atoms with Crippen LogP contribution in [-0.2, 0) is 0 Å². The monoisotopic (exact) mass is 244 g/mol. The van der Waals surface area contributed by atoms with Crippen molar-refractivity contribution in [2.24, 2.45) is 0 Å². The molecule has 14 heavy (non-hydrogen) atoms. The molecule has 0 spiro atoms. The molecule has 1 heterocycles. The summed E-state index contributed by atoms with van der Waals surface area (Å²) in [5.74, 6) is 0. The first-order valence-corrected chi connectivity index (χ1v) is 3.58. The van der Waals surface area contributed by atoms with Crippen LogP contribution < -0.4 is 56.8 Å². The molecule has 0 bridgehead atoms. The molecule has 0 aliphatic heterocycles. The summed E-state index contributed by atoms with van der Waals surface area (Å²) >= 11 is 5.35. The normalized spacial score (nSPS) is 10.2. The molecule has 0 aliphatic rings. The Hall–Kier alpha value is 0.421. The molecule has 0 atom stereocenters. The van der Waals surface area contributed by atoms with E-state index in [0.717, 1.165) is 0 Å². The molecule has 0 amide bonds. The van der Waals surface area contributed by atoms with Crippen LogP contribution in [0, 0.1) is 11.3 Å². The minimum absolute atomic E-state index is 0. The van der Waals surface area contributed by atoms with Crippen LogP contribution in [0.3, 0.4) is 0 Å². The standard InChI is InChI=1S/C6H2BClF3N2.K/c8-6-4(2-12)1-5(3-13-6)7(9,10)11;/h1,3H;/q-1;+1. The van der Waals surface area contributed by atoms with Crippen molar-refractivity contribution in [3.05, 3.63) is 23.0 Å². The van der Waals surface area contributed by atoms with Gasteiger partial charge in [0, 0.05) is 6.20 Å². The van der Waals surface area contributed by atoms with Crippen LogP contribution in [0.4, 0.5) is 12.9 Å². The number of nitrogens with zero attached hydrogens (tertiary/aromatic N) is 2. The van der Waals surface area contributed by atoms with Gasteiger partial charge in [-0.3, -0.25) is 0 Å². The summed E-state index contributed by atoms with van der Waals surface area (Å²) in [6, 6.07) is 2.21. The molecule has 0 saturated heterocycles. The van der Waals surface area contributed by atoms with Gasteiger partial charge in [-0.15, -0.1) is 0 Å². The summed E-state index contributed by atoms with van der Waals surface area (Å²) in [7, 11) is 0. The predicted molar refractivity (Wildman–Crippen MR) is 42.7 cm³/mol. The second kappa shape index (κ2) is 5.49. The second-order valence-corrected chi connectivity index (χ2v) is 2.65. The van der Waals surface area contributed by atoms with E-state index in [1.807, 2.05) is 0 Å². The van der Waals surface area contributed by atoms with Crippen LogP contribution in [0.5, 0.6) is 0 Å². The molecule has 68 valence electrons. The van der Waals surface area contributed by atoms with Crippen molar-refractivity contribution in [2.45, 2.75) is 0 Å². The van der Waals surface area contributed by atoms with Crippen molar-refractivity contribution in [2.75, 3.05) is 0 Å². The van der Waals surface area contributed by atoms with Crippen molar-refractivity contribution in [3.8, 4) is 6.07 Å². The van der Waals surface area contributed by atoms with Gasteiger partial charge in [-0.05, 0) is 0 Å². The Morgan fingerprint density at radius 2 is 2.00 bits per heavy atom. The van der Waals surface area contributed by atoms with Gasteiger partial charge in [0.2, 0.25) is 0 Å². The largest absolute Gasteiger partial charge is 1.00 e. The van der Waals surface area contributed by atoms with E-state index in [-0.39, 0.29) is 62.1 Å². The quantitative estimate of drug-likeness (QED) is 0.453. The molecule has 0 radical (unpaired) electrons. The average molecular weight is 244 g/mol. The molecule has 0 unspecified atom stereocenters. The molecular weight excluding hydrogens is 242 g/mol. The predicted octanol–water partition coefficient (Wildman–Crippen LogP) is -1.33. The summed E-state index contributed by atoms with van der Waals surface area (Å²) < 4.78 is 36.3. The van der Waals surface area contributed by atoms with Gasteiger partial charge in [0.25, 0.3) is 0 Å². The molecular formula is C6H2BClF3KN2. The van der Waals surface area contributed by atoms with E-state index in [1.54, 1.807) is 0 Å². The zero-order valence-electron chi connectivity index (χ0n) is 7.14. The molecule has 2 nitrogen and oxygen atoms in total. The molecule has 0 aliphatic carbocycles. The molecule has 1 rings (SSSR count). The van der Waals surface area contributed by atoms with Gasteiger partial charge in [0.1, 0.15) is 11.2 Å². The van der Waals surface area contributed by atoms with Crippen LogP contribution in [0.1, 0.15) is 5.56 Å². The molecule has 8 heteroatoms. The number of nitriles is 1. The zero-order valence-corrected chi connectivity index (χ0v) is 11.0. The Labute approximate surface area is 126 Å². The summed E-state index contributed by atoms with van der Waals surface area (Å²) in [5.41, 5.74) is -1.18. The van der Waals surface area contributed by atoms with Gasteiger partial charge in [-0.1, -0.05) is 23.1 Å². The van der Waals surface area contributed by atoms with Crippen LogP contribution in [0.15, 0.2) is 12.3 Å². The van der Waals surface area contributed by atoms with E-state index in [9.17, 15) is 12.9 Å². The molecule has 0 fully saturated rings. The SMILES string of the molecule is N#Cc1cc([B-](F)(F)F)cnc1Cl.[K+]. The number of aromatic nitrogens is 1. The van der Waals surface area contributed by atoms with Crippen LogP contribution >= 0.6 is 11.6 Å². The Morgan fingerprint density at radius 1 is 1.43 bits per heavy atom. The topological polar surface area (TPSA) is 36.7 Å². The fourth-order valence-electron chi connectivity index (χ4n) is 0.722. The smallest absolute Gasteiger partial charge is 0.445 e. The second-order valence-electron chi connectivity index (χ2n) is 2.29. The number of hydrogen-bond donors (Lipinski definition) is 0. The number of halogens is 4. The first kappa shape index (κ1) is 14.4. The van der Waals surface area contributed by atoms with Crippen molar-refractivity contribution in [1.29, 1.82) is 5.26 Å². The van der Waals surface area contributed by atoms with Gasteiger partial charge in [0.05, 0.1) is 5.56 Å². The maximum atomic E-state index is 12.1. The van der Waals surface area contributed by atoms with E-state index in [1.165, 1.54) is 6.07 Å². The Bertz CT molecular complexity index is 376. The number of pyridine rings is 1. The maximum absolute atomic E-state index is 12.1. The van der Waals surface area contributed by atoms with Crippen molar-refractivity contribution >= 4 is 24.0 Å². The first-order chi connectivity index (χ1) is 5.95. The third kappa shape index (κ3) is 3.53. The minimum atomic E-state index is -5.12. The third-order valence-electron chi connectivity index (χ3n) is 1.36.